The van der Waals surface area contributed by atoms with Crippen molar-refractivity contribution >= 4 is 51.9 Å². The van der Waals surface area contributed by atoms with Crippen molar-refractivity contribution in [3.63, 3.8) is 0 Å². The number of rotatable bonds is 15. The number of thiophene rings is 2. The molecule has 0 aliphatic rings. The van der Waals surface area contributed by atoms with Crippen molar-refractivity contribution in [2.45, 2.75) is 52.4 Å². The Morgan fingerprint density at radius 2 is 1.16 bits per heavy atom. The molecule has 8 aromatic rings. The minimum absolute atomic E-state index is 0.0858. The van der Waals surface area contributed by atoms with Crippen LogP contribution in [0.5, 0.6) is 11.5 Å². The summed E-state index contributed by atoms with van der Waals surface area (Å²) in [5.74, 6) is 1.01. The van der Waals surface area contributed by atoms with Crippen LogP contribution < -0.4 is 10.6 Å². The molecule has 0 aliphatic carbocycles. The Balaban J connectivity index is 0.000000190. The lowest BCUT2D eigenvalue weighted by Crippen LogP contribution is -2.11. The number of carbonyl (C=O) groups is 2. The number of benzene rings is 4. The predicted octanol–water partition coefficient (Wildman–Crippen LogP) is 13.1. The minimum Gasteiger partial charge on any atom is -0.508 e. The molecule has 0 fully saturated rings. The van der Waals surface area contributed by atoms with Crippen molar-refractivity contribution in [1.29, 1.82) is 0 Å². The van der Waals surface area contributed by atoms with Crippen LogP contribution in [-0.4, -0.2) is 36.9 Å². The average molecular weight is 882 g/mol. The van der Waals surface area contributed by atoms with Gasteiger partial charge in [-0.3, -0.25) is 30.3 Å². The number of nitrogens with one attached hydrogen (secondary N) is 2. The van der Waals surface area contributed by atoms with Crippen molar-refractivity contribution in [3.05, 3.63) is 135 Å². The predicted molar refractivity (Wildman–Crippen MR) is 248 cm³/mol. The quantitative estimate of drug-likeness (QED) is 0.0568. The summed E-state index contributed by atoms with van der Waals surface area (Å²) in [5.41, 5.74) is 6.73. The van der Waals surface area contributed by atoms with E-state index >= 15 is 0 Å². The van der Waals surface area contributed by atoms with E-state index in [9.17, 15) is 29.9 Å². The molecule has 15 heteroatoms. The summed E-state index contributed by atoms with van der Waals surface area (Å²) in [5, 5.41) is 44.9. The smallest absolute Gasteiger partial charge is 0.273 e. The fraction of sp³-hybridized carbons (Fsp3) is 0.167. The summed E-state index contributed by atoms with van der Waals surface area (Å²) in [6.07, 6.45) is 4.25. The number of aromatic hydroxyl groups is 2. The topological polar surface area (TPSA) is 194 Å². The average Bonchev–Trinajstić information content (AvgIpc) is 4.14. The van der Waals surface area contributed by atoms with Crippen molar-refractivity contribution in [2.24, 2.45) is 0 Å². The summed E-state index contributed by atoms with van der Waals surface area (Å²) >= 11 is 3.06. The van der Waals surface area contributed by atoms with Gasteiger partial charge in [0.15, 0.2) is 0 Å². The highest BCUT2D eigenvalue weighted by Crippen LogP contribution is 2.42. The van der Waals surface area contributed by atoms with E-state index in [-0.39, 0.29) is 40.8 Å². The van der Waals surface area contributed by atoms with E-state index in [1.165, 1.54) is 23.5 Å². The van der Waals surface area contributed by atoms with Gasteiger partial charge >= 0.3 is 0 Å². The zero-order valence-electron chi connectivity index (χ0n) is 34.4. The molecule has 4 aromatic carbocycles. The molecule has 0 radical (unpaired) electrons. The molecule has 0 bridgehead atoms. The number of amides is 2. The van der Waals surface area contributed by atoms with Crippen LogP contribution in [0.25, 0.3) is 67.7 Å². The van der Waals surface area contributed by atoms with E-state index in [1.807, 2.05) is 70.9 Å². The molecule has 0 atom stereocenters. The van der Waals surface area contributed by atoms with E-state index < -0.39 is 4.92 Å². The van der Waals surface area contributed by atoms with Gasteiger partial charge in [-0.2, -0.15) is 22.7 Å². The van der Waals surface area contributed by atoms with Gasteiger partial charge in [0.2, 0.25) is 35.4 Å². The van der Waals surface area contributed by atoms with E-state index in [4.69, 9.17) is 13.8 Å². The first-order valence-corrected chi connectivity index (χ1v) is 22.1. The Kier molecular flexibility index (Phi) is 14.2. The van der Waals surface area contributed by atoms with Crippen LogP contribution in [0.3, 0.4) is 0 Å². The summed E-state index contributed by atoms with van der Waals surface area (Å²) in [7, 11) is 0. The maximum atomic E-state index is 12.4. The van der Waals surface area contributed by atoms with Gasteiger partial charge in [0.05, 0.1) is 11.0 Å². The van der Waals surface area contributed by atoms with Gasteiger partial charge in [-0.05, 0) is 82.8 Å². The highest BCUT2D eigenvalue weighted by molar-refractivity contribution is 7.08. The number of nitro benzene ring substituents is 1. The van der Waals surface area contributed by atoms with Gasteiger partial charge < -0.3 is 19.0 Å². The molecule has 13 nitrogen and oxygen atoms in total. The normalized spacial score (nSPS) is 10.8. The highest BCUT2D eigenvalue weighted by atomic mass is 32.1. The van der Waals surface area contributed by atoms with E-state index in [0.29, 0.717) is 52.7 Å². The number of carbonyl (C=O) groups excluding carboxylic acids is 2. The molecule has 0 saturated heterocycles. The Morgan fingerprint density at radius 3 is 1.63 bits per heavy atom. The number of aromatic nitrogens is 2. The highest BCUT2D eigenvalue weighted by Gasteiger charge is 2.23. The van der Waals surface area contributed by atoms with Crippen molar-refractivity contribution in [3.8, 4) is 79.2 Å². The molecule has 320 valence electrons. The van der Waals surface area contributed by atoms with Gasteiger partial charge in [0, 0.05) is 57.5 Å². The number of hydrogen-bond acceptors (Lipinski definition) is 12. The molecule has 4 aromatic heterocycles. The molecule has 63 heavy (non-hydrogen) atoms. The second kappa shape index (κ2) is 20.5. The van der Waals surface area contributed by atoms with Crippen molar-refractivity contribution in [1.82, 2.24) is 9.97 Å². The summed E-state index contributed by atoms with van der Waals surface area (Å²) < 4.78 is 12.1. The second-order valence-electron chi connectivity index (χ2n) is 14.3. The lowest BCUT2D eigenvalue weighted by Gasteiger charge is -2.09. The van der Waals surface area contributed by atoms with Crippen LogP contribution in [0, 0.1) is 10.1 Å². The molecule has 0 unspecified atom stereocenters. The Morgan fingerprint density at radius 1 is 0.635 bits per heavy atom. The number of nitro groups is 1. The third kappa shape index (κ3) is 10.6. The van der Waals surface area contributed by atoms with Crippen LogP contribution in [0.2, 0.25) is 0 Å². The molecule has 4 heterocycles. The lowest BCUT2D eigenvalue weighted by molar-refractivity contribution is -0.384. The standard InChI is InChI=1S/C24H21N3O5S.C24H22N2O3S/c1-2-3-8-21(29)25-24-22(15-11-12-33-14-15)26-23(32-24)19-7-5-4-6-17(19)18-10-9-16(27(30)31)13-20(18)28;1-2-3-11-21(28)25-24-22(17-12-13-30-15-17)26-23(29-24)20-10-5-4-9-19(20)16-7-6-8-18(27)14-16/h4-7,9-14,28H,2-3,8H2,1H3,(H,25,29);4-10,12-15,27H,2-3,11H2,1H3,(H,25,28). The van der Waals surface area contributed by atoms with Gasteiger partial charge in [-0.25, -0.2) is 9.97 Å². The Bertz CT molecular complexity index is 2830. The Labute approximate surface area is 370 Å². The molecule has 0 spiro atoms. The van der Waals surface area contributed by atoms with Crippen LogP contribution in [0.1, 0.15) is 52.4 Å². The van der Waals surface area contributed by atoms with E-state index in [0.717, 1.165) is 59.6 Å². The fourth-order valence-corrected chi connectivity index (χ4v) is 7.92. The largest absolute Gasteiger partial charge is 0.508 e. The molecule has 0 saturated carbocycles. The lowest BCUT2D eigenvalue weighted by atomic mass is 9.98. The van der Waals surface area contributed by atoms with Crippen LogP contribution >= 0.6 is 22.7 Å². The molecule has 2 amide bonds. The number of oxazole rings is 2. The van der Waals surface area contributed by atoms with Crippen LogP contribution in [0.15, 0.2) is 133 Å². The zero-order valence-corrected chi connectivity index (χ0v) is 36.0. The number of phenols is 2. The van der Waals surface area contributed by atoms with Crippen molar-refractivity contribution < 1.29 is 33.6 Å². The van der Waals surface area contributed by atoms with Gasteiger partial charge in [-0.1, -0.05) is 75.2 Å². The third-order valence-electron chi connectivity index (χ3n) is 9.82. The summed E-state index contributed by atoms with van der Waals surface area (Å²) in [4.78, 5) is 44.6. The van der Waals surface area contributed by atoms with Gasteiger partial charge in [0.1, 0.15) is 22.9 Å². The first-order valence-electron chi connectivity index (χ1n) is 20.3. The van der Waals surface area contributed by atoms with Crippen LogP contribution in [0.4, 0.5) is 17.5 Å². The van der Waals surface area contributed by atoms with Crippen molar-refractivity contribution in [2.75, 3.05) is 10.6 Å². The summed E-state index contributed by atoms with van der Waals surface area (Å²) in [6.45, 7) is 4.07. The number of non-ortho nitro benzene ring substituents is 1. The van der Waals surface area contributed by atoms with E-state index in [2.05, 4.69) is 22.5 Å². The minimum atomic E-state index is -0.565. The first-order chi connectivity index (χ1) is 30.6. The number of nitrogens with zero attached hydrogens (tertiary/aromatic N) is 3. The molecular weight excluding hydrogens is 839 g/mol. The molecular formula is C48H43N5O8S2. The monoisotopic (exact) mass is 881 g/mol. The third-order valence-corrected chi connectivity index (χ3v) is 11.2. The molecule has 8 rings (SSSR count). The first kappa shape index (κ1) is 43.7. The fourth-order valence-electron chi connectivity index (χ4n) is 6.64. The molecule has 4 N–H and O–H groups in total. The number of unbranched alkanes of at least 4 members (excludes halogenated alkanes) is 2. The maximum Gasteiger partial charge on any atom is 0.273 e. The molecule has 0 aliphatic heterocycles. The zero-order chi connectivity index (χ0) is 44.3. The Hall–Kier alpha value is -7.36. The second-order valence-corrected chi connectivity index (χ2v) is 15.9. The van der Waals surface area contributed by atoms with Gasteiger partial charge in [-0.15, -0.1) is 0 Å². The summed E-state index contributed by atoms with van der Waals surface area (Å²) in [6, 6.07) is 29.7. The van der Waals surface area contributed by atoms with Gasteiger partial charge in [0.25, 0.3) is 5.69 Å². The number of phenolic OH excluding ortho intramolecular Hbond substituents is 2. The SMILES string of the molecule is CCCCC(=O)Nc1oc(-c2ccccc2-c2ccc([N+](=O)[O-])cc2O)nc1-c1ccsc1.CCCCC(=O)Nc1oc(-c2ccccc2-c2cccc(O)c2)nc1-c1ccsc1. The number of hydrogen-bond donors (Lipinski definition) is 4. The van der Waals surface area contributed by atoms with Crippen LogP contribution in [-0.2, 0) is 9.59 Å². The maximum absolute atomic E-state index is 12.4. The van der Waals surface area contributed by atoms with E-state index in [1.54, 1.807) is 53.8 Å². The number of anilines is 2.